The fourth-order valence-corrected chi connectivity index (χ4v) is 3.26. The summed E-state index contributed by atoms with van der Waals surface area (Å²) in [4.78, 5) is 28.7. The minimum Gasteiger partial charge on any atom is -0.439 e. The Balaban J connectivity index is 1.45. The Morgan fingerprint density at radius 1 is 1.26 bits per heavy atom. The van der Waals surface area contributed by atoms with E-state index in [1.165, 1.54) is 4.80 Å². The van der Waals surface area contributed by atoms with E-state index in [0.717, 1.165) is 11.0 Å². The van der Waals surface area contributed by atoms with Crippen molar-refractivity contribution in [2.24, 2.45) is 0 Å². The Morgan fingerprint density at radius 3 is 2.57 bits per heavy atom. The number of ether oxygens (including phenoxy) is 1. The molecule has 1 spiro atoms. The first-order chi connectivity index (χ1) is 11.0. The average Bonchev–Trinajstić information content (AvgIpc) is 3.17. The normalized spacial score (nSPS) is 24.0. The van der Waals surface area contributed by atoms with Crippen LogP contribution in [-0.2, 0) is 16.1 Å². The highest BCUT2D eigenvalue weighted by Gasteiger charge is 2.49. The molecular weight excluding hydrogens is 298 g/mol. The second-order valence-electron chi connectivity index (χ2n) is 6.19. The van der Waals surface area contributed by atoms with E-state index in [9.17, 15) is 9.59 Å². The van der Waals surface area contributed by atoms with Crippen molar-refractivity contribution in [3.8, 4) is 0 Å². The van der Waals surface area contributed by atoms with E-state index in [0.29, 0.717) is 26.1 Å². The number of nitrogens with zero attached hydrogens (tertiary/aromatic N) is 5. The maximum Gasteiger partial charge on any atom is 0.410 e. The minimum atomic E-state index is -0.552. The van der Waals surface area contributed by atoms with Gasteiger partial charge in [0, 0.05) is 20.0 Å². The number of aromatic nitrogens is 3. The molecule has 120 valence electrons. The quantitative estimate of drug-likeness (QED) is 0.805. The van der Waals surface area contributed by atoms with Crippen LogP contribution in [0.3, 0.4) is 0 Å². The van der Waals surface area contributed by atoms with Gasteiger partial charge in [0.15, 0.2) is 5.60 Å². The van der Waals surface area contributed by atoms with Gasteiger partial charge in [0.25, 0.3) is 0 Å². The molecule has 1 aromatic carbocycles. The van der Waals surface area contributed by atoms with Crippen LogP contribution in [0.1, 0.15) is 6.42 Å². The van der Waals surface area contributed by atoms with Gasteiger partial charge in [-0.15, -0.1) is 0 Å². The molecular formula is C15H17N5O3. The van der Waals surface area contributed by atoms with Gasteiger partial charge < -0.3 is 14.5 Å². The first kappa shape index (κ1) is 14.0. The van der Waals surface area contributed by atoms with Crippen LogP contribution in [0.4, 0.5) is 4.79 Å². The lowest BCUT2D eigenvalue weighted by molar-refractivity contribution is -0.132. The Morgan fingerprint density at radius 2 is 1.96 bits per heavy atom. The lowest BCUT2D eigenvalue weighted by Crippen LogP contribution is -2.40. The number of benzene rings is 1. The molecule has 4 rings (SSSR count). The summed E-state index contributed by atoms with van der Waals surface area (Å²) < 4.78 is 5.46. The summed E-state index contributed by atoms with van der Waals surface area (Å²) in [5.41, 5.74) is 0.984. The van der Waals surface area contributed by atoms with E-state index >= 15 is 0 Å². The second kappa shape index (κ2) is 4.94. The molecule has 3 heterocycles. The summed E-state index contributed by atoms with van der Waals surface area (Å²) in [5, 5.41) is 8.60. The first-order valence-electron chi connectivity index (χ1n) is 7.56. The largest absolute Gasteiger partial charge is 0.439 e. The standard InChI is InChI=1S/C15H17N5O3/c1-18-9-15(23-14(18)22)6-7-19(10-15)13(21)8-20-16-11-4-2-3-5-12(11)17-20/h2-5H,6-10H2,1H3. The van der Waals surface area contributed by atoms with Crippen molar-refractivity contribution < 1.29 is 14.3 Å². The number of likely N-dealkylation sites (N-methyl/N-ethyl adjacent to an activating group) is 1. The third-order valence-electron chi connectivity index (χ3n) is 4.41. The van der Waals surface area contributed by atoms with Gasteiger partial charge in [0.2, 0.25) is 5.91 Å². The van der Waals surface area contributed by atoms with E-state index in [4.69, 9.17) is 4.74 Å². The molecule has 8 heteroatoms. The fourth-order valence-electron chi connectivity index (χ4n) is 3.26. The Labute approximate surface area is 132 Å². The van der Waals surface area contributed by atoms with Crippen molar-refractivity contribution in [2.75, 3.05) is 26.7 Å². The molecule has 0 saturated carbocycles. The van der Waals surface area contributed by atoms with Crippen LogP contribution in [0.5, 0.6) is 0 Å². The molecule has 1 aromatic heterocycles. The molecule has 2 aliphatic heterocycles. The Kier molecular flexibility index (Phi) is 3.00. The van der Waals surface area contributed by atoms with Crippen molar-refractivity contribution in [1.82, 2.24) is 24.8 Å². The molecule has 23 heavy (non-hydrogen) atoms. The van der Waals surface area contributed by atoms with E-state index in [2.05, 4.69) is 10.2 Å². The van der Waals surface area contributed by atoms with Gasteiger partial charge in [0.1, 0.15) is 17.6 Å². The Bertz CT molecular complexity index is 755. The summed E-state index contributed by atoms with van der Waals surface area (Å²) in [7, 11) is 1.71. The van der Waals surface area contributed by atoms with Crippen molar-refractivity contribution in [1.29, 1.82) is 0 Å². The van der Waals surface area contributed by atoms with Gasteiger partial charge in [-0.05, 0) is 12.1 Å². The van der Waals surface area contributed by atoms with Crippen LogP contribution in [0, 0.1) is 0 Å². The van der Waals surface area contributed by atoms with Crippen LogP contribution < -0.4 is 0 Å². The van der Waals surface area contributed by atoms with Crippen molar-refractivity contribution in [2.45, 2.75) is 18.6 Å². The molecule has 2 saturated heterocycles. The van der Waals surface area contributed by atoms with Crippen LogP contribution in [0.25, 0.3) is 11.0 Å². The minimum absolute atomic E-state index is 0.0622. The molecule has 0 aliphatic carbocycles. The lowest BCUT2D eigenvalue weighted by atomic mass is 10.0. The second-order valence-corrected chi connectivity index (χ2v) is 6.19. The highest BCUT2D eigenvalue weighted by molar-refractivity contribution is 5.78. The molecule has 1 unspecified atom stereocenters. The number of rotatable bonds is 2. The van der Waals surface area contributed by atoms with Gasteiger partial charge >= 0.3 is 6.09 Å². The van der Waals surface area contributed by atoms with Gasteiger partial charge in [0.05, 0.1) is 13.1 Å². The zero-order valence-corrected chi connectivity index (χ0v) is 12.8. The molecule has 0 bridgehead atoms. The average molecular weight is 315 g/mol. The van der Waals surface area contributed by atoms with Gasteiger partial charge in [-0.2, -0.15) is 15.0 Å². The number of amides is 2. The number of fused-ring (bicyclic) bond motifs is 1. The summed E-state index contributed by atoms with van der Waals surface area (Å²) in [6.45, 7) is 1.64. The molecule has 2 aliphatic rings. The summed E-state index contributed by atoms with van der Waals surface area (Å²) in [6, 6.07) is 7.50. The van der Waals surface area contributed by atoms with E-state index in [-0.39, 0.29) is 18.5 Å². The summed E-state index contributed by atoms with van der Waals surface area (Å²) in [5.74, 6) is -0.0622. The molecule has 0 N–H and O–H groups in total. The fraction of sp³-hybridized carbons (Fsp3) is 0.467. The zero-order chi connectivity index (χ0) is 16.0. The van der Waals surface area contributed by atoms with Gasteiger partial charge in [-0.1, -0.05) is 12.1 Å². The van der Waals surface area contributed by atoms with E-state index < -0.39 is 5.60 Å². The molecule has 2 fully saturated rings. The molecule has 2 aromatic rings. The number of hydrogen-bond acceptors (Lipinski definition) is 5. The Hall–Kier alpha value is -2.64. The van der Waals surface area contributed by atoms with Crippen LogP contribution in [0.2, 0.25) is 0 Å². The van der Waals surface area contributed by atoms with Gasteiger partial charge in [-0.25, -0.2) is 4.79 Å². The van der Waals surface area contributed by atoms with Crippen molar-refractivity contribution >= 4 is 23.0 Å². The van der Waals surface area contributed by atoms with E-state index in [1.807, 2.05) is 24.3 Å². The number of carbonyl (C=O) groups is 2. The molecule has 0 radical (unpaired) electrons. The SMILES string of the molecule is CN1CC2(CCN(C(=O)Cn3nc4ccccc4n3)C2)OC1=O. The molecule has 8 nitrogen and oxygen atoms in total. The van der Waals surface area contributed by atoms with Crippen LogP contribution in [0.15, 0.2) is 24.3 Å². The van der Waals surface area contributed by atoms with Crippen molar-refractivity contribution in [3.63, 3.8) is 0 Å². The molecule has 2 amide bonds. The van der Waals surface area contributed by atoms with Crippen molar-refractivity contribution in [3.05, 3.63) is 24.3 Å². The smallest absolute Gasteiger partial charge is 0.410 e. The summed E-state index contributed by atoms with van der Waals surface area (Å²) >= 11 is 0. The number of hydrogen-bond donors (Lipinski definition) is 0. The van der Waals surface area contributed by atoms with Gasteiger partial charge in [-0.3, -0.25) is 4.79 Å². The maximum atomic E-state index is 12.5. The maximum absolute atomic E-state index is 12.5. The van der Waals surface area contributed by atoms with Crippen LogP contribution in [-0.4, -0.2) is 69.1 Å². The van der Waals surface area contributed by atoms with Crippen LogP contribution >= 0.6 is 0 Å². The summed E-state index contributed by atoms with van der Waals surface area (Å²) in [6.07, 6.45) is 0.350. The van der Waals surface area contributed by atoms with E-state index in [1.54, 1.807) is 16.8 Å². The topological polar surface area (TPSA) is 80.6 Å². The predicted octanol–water partition coefficient (Wildman–Crippen LogP) is 0.484. The highest BCUT2D eigenvalue weighted by Crippen LogP contribution is 2.31. The monoisotopic (exact) mass is 315 g/mol. The molecule has 1 atom stereocenters. The number of likely N-dealkylation sites (tertiary alicyclic amines) is 1. The third-order valence-corrected chi connectivity index (χ3v) is 4.41. The number of carbonyl (C=O) groups excluding carboxylic acids is 2. The predicted molar refractivity (Wildman–Crippen MR) is 80.6 cm³/mol. The zero-order valence-electron chi connectivity index (χ0n) is 12.8. The lowest BCUT2D eigenvalue weighted by Gasteiger charge is -2.21. The highest BCUT2D eigenvalue weighted by atomic mass is 16.6. The first-order valence-corrected chi connectivity index (χ1v) is 7.56. The third kappa shape index (κ3) is 2.39.